The second-order valence-corrected chi connectivity index (χ2v) is 4.07. The minimum atomic E-state index is 0.423. The molecule has 19 heavy (non-hydrogen) atoms. The highest BCUT2D eigenvalue weighted by Crippen LogP contribution is 2.17. The first-order valence-electron chi connectivity index (χ1n) is 6.18. The van der Waals surface area contributed by atoms with Gasteiger partial charge in [-0.1, -0.05) is 13.8 Å². The van der Waals surface area contributed by atoms with E-state index in [-0.39, 0.29) is 0 Å². The van der Waals surface area contributed by atoms with Gasteiger partial charge in [0.25, 0.3) is 0 Å². The van der Waals surface area contributed by atoms with E-state index in [1.165, 1.54) is 0 Å². The molecule has 0 spiro atoms. The standard InChI is InChI=1S/C14H14N4O/c1-3-13-16-14(4-2)18(17-13)12-6-5-10(9-19)7-11(12)8-15/h5-7,9H,3-4H2,1-2H3. The zero-order chi connectivity index (χ0) is 13.8. The normalized spacial score (nSPS) is 10.2. The van der Waals surface area contributed by atoms with Crippen molar-refractivity contribution in [1.29, 1.82) is 5.26 Å². The van der Waals surface area contributed by atoms with Gasteiger partial charge in [-0.25, -0.2) is 9.67 Å². The number of nitriles is 1. The van der Waals surface area contributed by atoms with Gasteiger partial charge in [0, 0.05) is 18.4 Å². The van der Waals surface area contributed by atoms with Crippen molar-refractivity contribution in [3.05, 3.63) is 41.0 Å². The van der Waals surface area contributed by atoms with E-state index in [1.54, 1.807) is 22.9 Å². The molecule has 1 aromatic heterocycles. The van der Waals surface area contributed by atoms with Crippen molar-refractivity contribution in [2.45, 2.75) is 26.7 Å². The highest BCUT2D eigenvalue weighted by molar-refractivity contribution is 5.76. The van der Waals surface area contributed by atoms with E-state index in [1.807, 2.05) is 13.8 Å². The molecule has 0 fully saturated rings. The van der Waals surface area contributed by atoms with Gasteiger partial charge in [-0.2, -0.15) is 10.4 Å². The maximum absolute atomic E-state index is 10.8. The Kier molecular flexibility index (Phi) is 3.71. The molecule has 0 radical (unpaired) electrons. The van der Waals surface area contributed by atoms with Gasteiger partial charge in [0.15, 0.2) is 5.82 Å². The number of benzene rings is 1. The van der Waals surface area contributed by atoms with Crippen LogP contribution in [0.5, 0.6) is 0 Å². The lowest BCUT2D eigenvalue weighted by Gasteiger charge is -2.06. The van der Waals surface area contributed by atoms with Gasteiger partial charge in [0.2, 0.25) is 0 Å². The Hall–Kier alpha value is -2.48. The van der Waals surface area contributed by atoms with Crippen molar-refractivity contribution in [2.75, 3.05) is 0 Å². The molecule has 0 aliphatic rings. The summed E-state index contributed by atoms with van der Waals surface area (Å²) in [6.45, 7) is 3.98. The average Bonchev–Trinajstić information content (AvgIpc) is 2.89. The van der Waals surface area contributed by atoms with Gasteiger partial charge < -0.3 is 0 Å². The summed E-state index contributed by atoms with van der Waals surface area (Å²) in [4.78, 5) is 15.2. The maximum atomic E-state index is 10.8. The molecule has 2 rings (SSSR count). The van der Waals surface area contributed by atoms with Gasteiger partial charge in [-0.3, -0.25) is 4.79 Å². The van der Waals surface area contributed by atoms with Crippen molar-refractivity contribution in [3.8, 4) is 11.8 Å². The van der Waals surface area contributed by atoms with Crippen LogP contribution >= 0.6 is 0 Å². The highest BCUT2D eigenvalue weighted by atomic mass is 16.1. The molecule has 5 heteroatoms. The molecule has 2 aromatic rings. The largest absolute Gasteiger partial charge is 0.298 e. The molecule has 0 saturated carbocycles. The molecule has 0 bridgehead atoms. The van der Waals surface area contributed by atoms with Crippen molar-refractivity contribution >= 4 is 6.29 Å². The van der Waals surface area contributed by atoms with Gasteiger partial charge in [0.05, 0.1) is 11.3 Å². The molecule has 0 aliphatic carbocycles. The topological polar surface area (TPSA) is 71.6 Å². The van der Waals surface area contributed by atoms with Gasteiger partial charge in [0.1, 0.15) is 18.2 Å². The van der Waals surface area contributed by atoms with E-state index in [4.69, 9.17) is 0 Å². The monoisotopic (exact) mass is 254 g/mol. The van der Waals surface area contributed by atoms with Crippen LogP contribution in [0.25, 0.3) is 5.69 Å². The number of hydrogen-bond acceptors (Lipinski definition) is 4. The van der Waals surface area contributed by atoms with E-state index in [2.05, 4.69) is 16.2 Å². The Labute approximate surface area is 111 Å². The van der Waals surface area contributed by atoms with Crippen LogP contribution in [-0.2, 0) is 12.8 Å². The molecule has 0 saturated heterocycles. The first-order chi connectivity index (χ1) is 9.23. The first-order valence-corrected chi connectivity index (χ1v) is 6.18. The lowest BCUT2D eigenvalue weighted by atomic mass is 10.1. The fourth-order valence-corrected chi connectivity index (χ4v) is 1.86. The van der Waals surface area contributed by atoms with Crippen LogP contribution in [0.1, 0.15) is 41.4 Å². The summed E-state index contributed by atoms with van der Waals surface area (Å²) < 4.78 is 1.69. The Morgan fingerprint density at radius 1 is 1.37 bits per heavy atom. The van der Waals surface area contributed by atoms with E-state index in [0.717, 1.165) is 30.8 Å². The molecule has 96 valence electrons. The molecular weight excluding hydrogens is 240 g/mol. The third-order valence-corrected chi connectivity index (χ3v) is 2.86. The van der Waals surface area contributed by atoms with E-state index < -0.39 is 0 Å². The minimum absolute atomic E-state index is 0.423. The number of carbonyl (C=O) groups excluding carboxylic acids is 1. The summed E-state index contributed by atoms with van der Waals surface area (Å²) in [6.07, 6.45) is 2.20. The highest BCUT2D eigenvalue weighted by Gasteiger charge is 2.13. The van der Waals surface area contributed by atoms with E-state index in [9.17, 15) is 10.1 Å². The summed E-state index contributed by atoms with van der Waals surface area (Å²) in [5, 5.41) is 13.6. The summed E-state index contributed by atoms with van der Waals surface area (Å²) >= 11 is 0. The molecule has 0 unspecified atom stereocenters. The molecule has 5 nitrogen and oxygen atoms in total. The fourth-order valence-electron chi connectivity index (χ4n) is 1.86. The number of aromatic nitrogens is 3. The van der Waals surface area contributed by atoms with Crippen LogP contribution in [0.15, 0.2) is 18.2 Å². The van der Waals surface area contributed by atoms with Crippen LogP contribution in [0.2, 0.25) is 0 Å². The number of aldehydes is 1. The predicted molar refractivity (Wildman–Crippen MR) is 70.2 cm³/mol. The molecule has 1 heterocycles. The van der Waals surface area contributed by atoms with Gasteiger partial charge >= 0.3 is 0 Å². The molecule has 0 aliphatic heterocycles. The molecular formula is C14H14N4O. The smallest absolute Gasteiger partial charge is 0.151 e. The maximum Gasteiger partial charge on any atom is 0.151 e. The Morgan fingerprint density at radius 2 is 2.16 bits per heavy atom. The van der Waals surface area contributed by atoms with E-state index >= 15 is 0 Å². The number of rotatable bonds is 4. The summed E-state index contributed by atoms with van der Waals surface area (Å²) in [6, 6.07) is 7.07. The number of nitrogens with zero attached hydrogens (tertiary/aromatic N) is 4. The zero-order valence-corrected chi connectivity index (χ0v) is 10.9. The Balaban J connectivity index is 2.61. The number of carbonyl (C=O) groups is 1. The van der Waals surface area contributed by atoms with Crippen LogP contribution < -0.4 is 0 Å². The van der Waals surface area contributed by atoms with Gasteiger partial charge in [-0.15, -0.1) is 0 Å². The van der Waals surface area contributed by atoms with Crippen LogP contribution in [-0.4, -0.2) is 21.1 Å². The molecule has 0 atom stereocenters. The molecule has 1 aromatic carbocycles. The van der Waals surface area contributed by atoms with Crippen molar-refractivity contribution in [3.63, 3.8) is 0 Å². The zero-order valence-electron chi connectivity index (χ0n) is 10.9. The second-order valence-electron chi connectivity index (χ2n) is 4.07. The summed E-state index contributed by atoms with van der Waals surface area (Å²) in [7, 11) is 0. The van der Waals surface area contributed by atoms with Gasteiger partial charge in [-0.05, 0) is 18.2 Å². The van der Waals surface area contributed by atoms with E-state index in [0.29, 0.717) is 16.8 Å². The minimum Gasteiger partial charge on any atom is -0.298 e. The second kappa shape index (κ2) is 5.44. The molecule has 0 amide bonds. The van der Waals surface area contributed by atoms with Crippen molar-refractivity contribution < 1.29 is 4.79 Å². The lowest BCUT2D eigenvalue weighted by molar-refractivity contribution is 0.112. The number of aryl methyl sites for hydroxylation is 2. The third kappa shape index (κ3) is 2.38. The summed E-state index contributed by atoms with van der Waals surface area (Å²) in [5.74, 6) is 1.56. The first kappa shape index (κ1) is 13.0. The predicted octanol–water partition coefficient (Wildman–Crippen LogP) is 2.08. The third-order valence-electron chi connectivity index (χ3n) is 2.86. The number of hydrogen-bond donors (Lipinski definition) is 0. The van der Waals surface area contributed by atoms with Crippen LogP contribution in [0.4, 0.5) is 0 Å². The van der Waals surface area contributed by atoms with Crippen LogP contribution in [0, 0.1) is 11.3 Å². The Morgan fingerprint density at radius 3 is 2.74 bits per heavy atom. The van der Waals surface area contributed by atoms with Crippen molar-refractivity contribution in [1.82, 2.24) is 14.8 Å². The van der Waals surface area contributed by atoms with Crippen molar-refractivity contribution in [2.24, 2.45) is 0 Å². The lowest BCUT2D eigenvalue weighted by Crippen LogP contribution is -2.05. The summed E-state index contributed by atoms with van der Waals surface area (Å²) in [5.41, 5.74) is 1.57. The van der Waals surface area contributed by atoms with Crippen LogP contribution in [0.3, 0.4) is 0 Å². The fraction of sp³-hybridized carbons (Fsp3) is 0.286. The average molecular weight is 254 g/mol. The Bertz CT molecular complexity index is 652. The molecule has 0 N–H and O–H groups in total. The quantitative estimate of drug-likeness (QED) is 0.783. The SMILES string of the molecule is CCc1nc(CC)n(-c2ccc(C=O)cc2C#N)n1.